The molecule has 108 valence electrons. The van der Waals surface area contributed by atoms with E-state index >= 15 is 0 Å². The van der Waals surface area contributed by atoms with Crippen LogP contribution in [0.2, 0.25) is 10.0 Å². The fraction of sp³-hybridized carbons (Fsp3) is 0.133. The SMILES string of the molecule is O=C(CCn1c2ccc(Cl)cc2c2cc(Cl)ccc21)NO. The summed E-state index contributed by atoms with van der Waals surface area (Å²) < 4.78 is 2.02. The number of fused-ring (bicyclic) bond motifs is 3. The van der Waals surface area contributed by atoms with Crippen LogP contribution in [-0.4, -0.2) is 15.7 Å². The lowest BCUT2D eigenvalue weighted by Gasteiger charge is -2.06. The van der Waals surface area contributed by atoms with Crippen LogP contribution in [0.15, 0.2) is 36.4 Å². The number of halogens is 2. The Morgan fingerprint density at radius 1 is 1.05 bits per heavy atom. The van der Waals surface area contributed by atoms with E-state index in [0.717, 1.165) is 21.8 Å². The normalized spacial score (nSPS) is 11.2. The van der Waals surface area contributed by atoms with Crippen LogP contribution in [0, 0.1) is 0 Å². The molecule has 1 amide bonds. The first-order chi connectivity index (χ1) is 10.1. The fourth-order valence-corrected chi connectivity index (χ4v) is 2.90. The van der Waals surface area contributed by atoms with Gasteiger partial charge in [-0.2, -0.15) is 0 Å². The van der Waals surface area contributed by atoms with Gasteiger partial charge in [-0.25, -0.2) is 5.48 Å². The number of aromatic nitrogens is 1. The molecule has 0 unspecified atom stereocenters. The molecule has 0 saturated carbocycles. The van der Waals surface area contributed by atoms with E-state index in [1.54, 1.807) is 5.48 Å². The first kappa shape index (κ1) is 14.2. The molecule has 2 N–H and O–H groups in total. The predicted molar refractivity (Wildman–Crippen MR) is 84.0 cm³/mol. The van der Waals surface area contributed by atoms with Gasteiger partial charge in [0.2, 0.25) is 5.91 Å². The number of nitrogens with zero attached hydrogens (tertiary/aromatic N) is 1. The maximum Gasteiger partial charge on any atom is 0.245 e. The zero-order valence-corrected chi connectivity index (χ0v) is 12.4. The quantitative estimate of drug-likeness (QED) is 0.565. The third kappa shape index (κ3) is 2.58. The summed E-state index contributed by atoms with van der Waals surface area (Å²) in [6.07, 6.45) is 0.181. The summed E-state index contributed by atoms with van der Waals surface area (Å²) in [5, 5.41) is 11.9. The summed E-state index contributed by atoms with van der Waals surface area (Å²) in [7, 11) is 0. The number of hydrogen-bond donors (Lipinski definition) is 2. The second-order valence-corrected chi connectivity index (χ2v) is 5.63. The van der Waals surface area contributed by atoms with Crippen molar-refractivity contribution in [1.29, 1.82) is 0 Å². The van der Waals surface area contributed by atoms with Gasteiger partial charge in [-0.05, 0) is 36.4 Å². The van der Waals surface area contributed by atoms with Crippen LogP contribution in [0.5, 0.6) is 0 Å². The highest BCUT2D eigenvalue weighted by molar-refractivity contribution is 6.33. The zero-order chi connectivity index (χ0) is 15.0. The highest BCUT2D eigenvalue weighted by Gasteiger charge is 2.12. The number of carbonyl (C=O) groups excluding carboxylic acids is 1. The van der Waals surface area contributed by atoms with Crippen LogP contribution in [0.1, 0.15) is 6.42 Å². The fourth-order valence-electron chi connectivity index (χ4n) is 2.56. The molecule has 1 heterocycles. The van der Waals surface area contributed by atoms with Crippen molar-refractivity contribution < 1.29 is 10.0 Å². The van der Waals surface area contributed by atoms with E-state index < -0.39 is 5.91 Å². The number of carbonyl (C=O) groups is 1. The monoisotopic (exact) mass is 322 g/mol. The second-order valence-electron chi connectivity index (χ2n) is 4.76. The molecule has 0 fully saturated rings. The van der Waals surface area contributed by atoms with E-state index in [1.807, 2.05) is 41.0 Å². The van der Waals surface area contributed by atoms with Crippen LogP contribution in [0.4, 0.5) is 0 Å². The van der Waals surface area contributed by atoms with Gasteiger partial charge >= 0.3 is 0 Å². The number of benzene rings is 2. The second kappa shape index (κ2) is 5.56. The van der Waals surface area contributed by atoms with E-state index in [-0.39, 0.29) is 6.42 Å². The molecule has 0 spiro atoms. The molecule has 0 aliphatic heterocycles. The van der Waals surface area contributed by atoms with Crippen LogP contribution in [0.25, 0.3) is 21.8 Å². The van der Waals surface area contributed by atoms with E-state index in [4.69, 9.17) is 28.4 Å². The number of hydroxylamine groups is 1. The van der Waals surface area contributed by atoms with Crippen molar-refractivity contribution in [3.63, 3.8) is 0 Å². The summed E-state index contributed by atoms with van der Waals surface area (Å²) in [5.74, 6) is -0.423. The summed E-state index contributed by atoms with van der Waals surface area (Å²) in [5.41, 5.74) is 3.60. The predicted octanol–water partition coefficient (Wildman–Crippen LogP) is 4.00. The van der Waals surface area contributed by atoms with Crippen LogP contribution < -0.4 is 5.48 Å². The van der Waals surface area contributed by atoms with Crippen LogP contribution in [-0.2, 0) is 11.3 Å². The highest BCUT2D eigenvalue weighted by Crippen LogP contribution is 2.32. The van der Waals surface area contributed by atoms with Crippen molar-refractivity contribution in [2.75, 3.05) is 0 Å². The molecular weight excluding hydrogens is 311 g/mol. The summed E-state index contributed by atoms with van der Waals surface area (Å²) in [6, 6.07) is 11.2. The van der Waals surface area contributed by atoms with Gasteiger partial charge in [0.1, 0.15) is 0 Å². The third-order valence-corrected chi connectivity index (χ3v) is 3.95. The Labute approximate surface area is 130 Å². The van der Waals surface area contributed by atoms with Gasteiger partial charge < -0.3 is 4.57 Å². The van der Waals surface area contributed by atoms with Crippen molar-refractivity contribution in [2.24, 2.45) is 0 Å². The molecule has 1 aromatic heterocycles. The number of nitrogens with one attached hydrogen (secondary N) is 1. The largest absolute Gasteiger partial charge is 0.340 e. The van der Waals surface area contributed by atoms with Crippen molar-refractivity contribution in [3.05, 3.63) is 46.4 Å². The molecule has 6 heteroatoms. The number of hydrogen-bond acceptors (Lipinski definition) is 2. The van der Waals surface area contributed by atoms with E-state index in [1.165, 1.54) is 0 Å². The average molecular weight is 323 g/mol. The molecule has 0 atom stereocenters. The van der Waals surface area contributed by atoms with Gasteiger partial charge in [0.25, 0.3) is 0 Å². The molecule has 0 radical (unpaired) electrons. The van der Waals surface area contributed by atoms with Crippen molar-refractivity contribution in [3.8, 4) is 0 Å². The third-order valence-electron chi connectivity index (χ3n) is 3.48. The van der Waals surface area contributed by atoms with Crippen molar-refractivity contribution in [2.45, 2.75) is 13.0 Å². The van der Waals surface area contributed by atoms with Crippen molar-refractivity contribution >= 4 is 50.9 Å². The smallest absolute Gasteiger partial charge is 0.245 e. The Morgan fingerprint density at radius 3 is 2.05 bits per heavy atom. The Balaban J connectivity index is 2.22. The minimum absolute atomic E-state index is 0.181. The molecule has 2 aromatic carbocycles. The topological polar surface area (TPSA) is 54.3 Å². The lowest BCUT2D eigenvalue weighted by atomic mass is 10.1. The van der Waals surface area contributed by atoms with Gasteiger partial charge in [0.15, 0.2) is 0 Å². The first-order valence-corrected chi connectivity index (χ1v) is 7.15. The summed E-state index contributed by atoms with van der Waals surface area (Å²) in [4.78, 5) is 11.3. The lowest BCUT2D eigenvalue weighted by molar-refractivity contribution is -0.129. The van der Waals surface area contributed by atoms with Gasteiger partial charge in [0, 0.05) is 44.8 Å². The summed E-state index contributed by atoms with van der Waals surface area (Å²) >= 11 is 12.2. The Hall–Kier alpha value is -1.75. The number of rotatable bonds is 3. The molecule has 0 aliphatic carbocycles. The minimum Gasteiger partial charge on any atom is -0.340 e. The van der Waals surface area contributed by atoms with Crippen molar-refractivity contribution in [1.82, 2.24) is 10.0 Å². The highest BCUT2D eigenvalue weighted by atomic mass is 35.5. The number of amides is 1. The van der Waals surface area contributed by atoms with Crippen LogP contribution in [0.3, 0.4) is 0 Å². The molecule has 0 bridgehead atoms. The lowest BCUT2D eigenvalue weighted by Crippen LogP contribution is -2.20. The Morgan fingerprint density at radius 2 is 1.57 bits per heavy atom. The first-order valence-electron chi connectivity index (χ1n) is 6.40. The van der Waals surface area contributed by atoms with Gasteiger partial charge in [0.05, 0.1) is 0 Å². The molecule has 0 saturated heterocycles. The van der Waals surface area contributed by atoms with E-state index in [9.17, 15) is 4.79 Å². The van der Waals surface area contributed by atoms with Gasteiger partial charge in [-0.15, -0.1) is 0 Å². The minimum atomic E-state index is -0.423. The standard InChI is InChI=1S/C15H12Cl2N2O2/c16-9-1-3-13-11(7-9)12-8-10(17)2-4-14(12)19(13)6-5-15(20)18-21/h1-4,7-8,21H,5-6H2,(H,18,20). The maximum absolute atomic E-state index is 11.3. The van der Waals surface area contributed by atoms with E-state index in [2.05, 4.69) is 0 Å². The number of aryl methyl sites for hydroxylation is 1. The maximum atomic E-state index is 11.3. The average Bonchev–Trinajstić information content (AvgIpc) is 2.77. The molecule has 3 aromatic rings. The van der Waals surface area contributed by atoms with E-state index in [0.29, 0.717) is 16.6 Å². The summed E-state index contributed by atoms with van der Waals surface area (Å²) in [6.45, 7) is 0.454. The molecule has 3 rings (SSSR count). The zero-order valence-electron chi connectivity index (χ0n) is 10.9. The molecule has 0 aliphatic rings. The Kier molecular flexibility index (Phi) is 3.76. The van der Waals surface area contributed by atoms with Gasteiger partial charge in [-0.3, -0.25) is 10.0 Å². The van der Waals surface area contributed by atoms with Crippen LogP contribution >= 0.6 is 23.2 Å². The molecule has 21 heavy (non-hydrogen) atoms. The molecule has 4 nitrogen and oxygen atoms in total. The van der Waals surface area contributed by atoms with Gasteiger partial charge in [-0.1, -0.05) is 23.2 Å². The Bertz CT molecular complexity index is 783. The molecular formula is C15H12Cl2N2O2.